The first-order valence-electron chi connectivity index (χ1n) is 31.6. The summed E-state index contributed by atoms with van der Waals surface area (Å²) in [5.41, 5.74) is -2.96. The van der Waals surface area contributed by atoms with Gasteiger partial charge in [-0.15, -0.1) is 0 Å². The van der Waals surface area contributed by atoms with Gasteiger partial charge < -0.3 is 141 Å². The number of fused-ring (bicyclic) bond motifs is 6. The third-order valence-corrected chi connectivity index (χ3v) is 17.8. The normalized spacial score (nSPS) is 16.7. The number of hydrogen-bond acceptors (Lipinski definition) is 34. The molecule has 14 rings (SSSR count). The number of rotatable bonds is 9. The van der Waals surface area contributed by atoms with Crippen molar-refractivity contribution in [3.63, 3.8) is 0 Å². The molecule has 34 heteroatoms. The number of carbonyl (C=O) groups is 3. The van der Waals surface area contributed by atoms with Crippen LogP contribution in [0.25, 0.3) is 32.3 Å². The van der Waals surface area contributed by atoms with E-state index in [-0.39, 0.29) is 121 Å². The molecule has 3 heterocycles. The Labute approximate surface area is 605 Å². The van der Waals surface area contributed by atoms with Crippen molar-refractivity contribution in [1.82, 2.24) is 0 Å². The fourth-order valence-corrected chi connectivity index (χ4v) is 12.6. The van der Waals surface area contributed by atoms with Crippen LogP contribution < -0.4 is 35.2 Å². The molecule has 22 N–H and O–H groups in total. The highest BCUT2D eigenvalue weighted by Crippen LogP contribution is 2.52. The summed E-state index contributed by atoms with van der Waals surface area (Å²) >= 11 is 0. The molecule has 3 aliphatic heterocycles. The number of phenolic OH excluding ortho intramolecular Hbond substituents is 18. The Morgan fingerprint density at radius 2 is 0.853 bits per heavy atom. The molecule has 109 heavy (non-hydrogen) atoms. The highest BCUT2D eigenvalue weighted by Gasteiger charge is 2.41. The van der Waals surface area contributed by atoms with Crippen LogP contribution in [-0.2, 0) is 33.5 Å². The van der Waals surface area contributed by atoms with Gasteiger partial charge in [0.15, 0.2) is 98.8 Å². The van der Waals surface area contributed by atoms with E-state index >= 15 is 0 Å². The quantitative estimate of drug-likeness (QED) is 0.0401. The van der Waals surface area contributed by atoms with E-state index in [1.165, 1.54) is 42.5 Å². The lowest BCUT2D eigenvalue weighted by atomic mass is 9.90. The molecule has 11 aromatic carbocycles. The molecule has 0 saturated carbocycles. The lowest BCUT2D eigenvalue weighted by Crippen LogP contribution is -2.35. The van der Waals surface area contributed by atoms with Crippen molar-refractivity contribution >= 4 is 50.7 Å². The summed E-state index contributed by atoms with van der Waals surface area (Å²) in [5.74, 6) is -16.3. The van der Waals surface area contributed by atoms with Crippen molar-refractivity contribution in [1.29, 1.82) is 0 Å². The summed E-state index contributed by atoms with van der Waals surface area (Å²) in [6.07, 6.45) is -7.84. The Morgan fingerprint density at radius 3 is 1.41 bits per heavy atom. The van der Waals surface area contributed by atoms with Gasteiger partial charge in [0.2, 0.25) is 22.0 Å². The van der Waals surface area contributed by atoms with Gasteiger partial charge in [0.25, 0.3) is 6.47 Å². The van der Waals surface area contributed by atoms with E-state index in [1.54, 1.807) is 0 Å². The van der Waals surface area contributed by atoms with Gasteiger partial charge in [-0.3, -0.25) is 19.2 Å². The summed E-state index contributed by atoms with van der Waals surface area (Å²) in [6, 6.07) is 22.9. The van der Waals surface area contributed by atoms with Crippen molar-refractivity contribution < 1.29 is 155 Å². The van der Waals surface area contributed by atoms with Crippen LogP contribution in [0, 0.1) is 0 Å². The van der Waals surface area contributed by atoms with Crippen LogP contribution in [0.1, 0.15) is 72.4 Å². The van der Waals surface area contributed by atoms with E-state index in [1.807, 2.05) is 0 Å². The Kier molecular flexibility index (Phi) is 19.2. The molecule has 0 bridgehead atoms. The molecule has 0 amide bonds. The van der Waals surface area contributed by atoms with Gasteiger partial charge >= 0.3 is 11.9 Å². The van der Waals surface area contributed by atoms with Gasteiger partial charge in [-0.1, -0.05) is 18.2 Å². The largest absolute Gasteiger partial charge is 0.508 e. The van der Waals surface area contributed by atoms with Gasteiger partial charge in [0.1, 0.15) is 69.7 Å². The molecule has 0 saturated heterocycles. The molecule has 0 aromatic heterocycles. The minimum Gasteiger partial charge on any atom is -0.508 e. The summed E-state index contributed by atoms with van der Waals surface area (Å²) < 4.78 is 33.7. The molecule has 0 spiro atoms. The van der Waals surface area contributed by atoms with Crippen LogP contribution in [0.3, 0.4) is 0 Å². The number of hydrogen-bond donors (Lipinski definition) is 22. The van der Waals surface area contributed by atoms with Gasteiger partial charge in [-0.2, -0.15) is 0 Å². The maximum atomic E-state index is 13.3. The third-order valence-electron chi connectivity index (χ3n) is 17.8. The summed E-state index contributed by atoms with van der Waals surface area (Å²) in [6.45, 7) is 0.00355. The number of carbonyl (C=O) groups excluding carboxylic acids is 3. The first-order chi connectivity index (χ1) is 51.6. The molecule has 0 fully saturated rings. The van der Waals surface area contributed by atoms with Crippen LogP contribution >= 0.6 is 0 Å². The monoisotopic (exact) mass is 1500 g/mol. The predicted octanol–water partition coefficient (Wildman–Crippen LogP) is 6.79. The van der Waals surface area contributed by atoms with Crippen molar-refractivity contribution in [2.75, 3.05) is 0 Å². The van der Waals surface area contributed by atoms with E-state index in [0.717, 1.165) is 84.9 Å². The van der Waals surface area contributed by atoms with Gasteiger partial charge in [-0.25, -0.2) is 9.59 Å². The summed E-state index contributed by atoms with van der Waals surface area (Å²) in [7, 11) is 0. The first-order valence-corrected chi connectivity index (χ1v) is 31.6. The first kappa shape index (κ1) is 73.5. The standard InChI is InChI=1S/C28H20O14.C27H20O12.C20H16O8/c29-9-40-12-5-13-14(7-20(35)26(38)23(13)25(37)19(34)6-12)27-22(8-15-16(31)3-11(30)4-21(15)41-27)42-28(39)10-1-17(32)24(36)18(33)2-10;28-13-7-16(30)14-9-21(26(38-20(14)8-13)10-1-2-15(29)17(31)4-10)39-27(37)12-3-11-5-19(33)24(35)25(36)22(11)23(34)18(32)6-12;21-8-4-13(23)11-7-15(25)20(28-16(11)5-8)10-6-14(24)19(27)17-9(10)2-1-3-12(22)18(17)26/h1-7,9,22,27,30-33,35-36,38H,8H2,(H,34,37);1-8,21,26,28-31,33,35-36H,9H2,(H,32,34);1-6,15,20-21,23-25,27H,7H2,(H,22,26)/t22-,27-;21-,26-;15-,20-/m111/s1. The lowest BCUT2D eigenvalue weighted by molar-refractivity contribution is -0.120. The zero-order valence-corrected chi connectivity index (χ0v) is 55.0. The zero-order chi connectivity index (χ0) is 78.8. The van der Waals surface area contributed by atoms with E-state index in [2.05, 4.69) is 0 Å². The van der Waals surface area contributed by atoms with Crippen LogP contribution in [0.4, 0.5) is 0 Å². The Bertz CT molecular complexity index is 5840. The minimum absolute atomic E-state index is 0.00355. The average molecular weight is 1500 g/mol. The van der Waals surface area contributed by atoms with E-state index < -0.39 is 184 Å². The van der Waals surface area contributed by atoms with Crippen LogP contribution in [-0.4, -0.2) is 149 Å². The predicted molar refractivity (Wildman–Crippen MR) is 370 cm³/mol. The second-order valence-corrected chi connectivity index (χ2v) is 24.7. The number of ether oxygens (including phenoxy) is 6. The molecule has 11 aromatic rings. The third kappa shape index (κ3) is 13.9. The van der Waals surface area contributed by atoms with Crippen molar-refractivity contribution in [2.45, 2.75) is 55.9 Å². The molecule has 0 unspecified atom stereocenters. The number of esters is 2. The Hall–Kier alpha value is -15.2. The van der Waals surface area contributed by atoms with Crippen LogP contribution in [0.5, 0.6) is 144 Å². The lowest BCUT2D eigenvalue weighted by Gasteiger charge is -2.34. The average Bonchev–Trinajstić information content (AvgIpc) is 1.70. The fourth-order valence-electron chi connectivity index (χ4n) is 12.6. The van der Waals surface area contributed by atoms with Crippen LogP contribution in [0.2, 0.25) is 0 Å². The highest BCUT2D eigenvalue weighted by atomic mass is 16.6. The zero-order valence-electron chi connectivity index (χ0n) is 55.0. The van der Waals surface area contributed by atoms with E-state index in [9.17, 15) is 141 Å². The van der Waals surface area contributed by atoms with E-state index in [0.29, 0.717) is 5.56 Å². The summed E-state index contributed by atoms with van der Waals surface area (Å²) in [4.78, 5) is 74.9. The van der Waals surface area contributed by atoms with Gasteiger partial charge in [0.05, 0.1) is 33.4 Å². The molecular formula is C75H56O34. The minimum atomic E-state index is -1.46. The number of aliphatic hydroxyl groups is 1. The van der Waals surface area contributed by atoms with E-state index in [4.69, 9.17) is 28.4 Å². The molecule has 560 valence electrons. The summed E-state index contributed by atoms with van der Waals surface area (Å²) in [5, 5.41) is 220. The number of aromatic hydroxyl groups is 21. The smallest absolute Gasteiger partial charge is 0.338 e. The van der Waals surface area contributed by atoms with Crippen LogP contribution in [0.15, 0.2) is 142 Å². The molecule has 3 aliphatic rings. The van der Waals surface area contributed by atoms with Crippen molar-refractivity contribution in [2.24, 2.45) is 0 Å². The molecule has 6 atom stereocenters. The fraction of sp³-hybridized carbons (Fsp3) is 0.120. The maximum Gasteiger partial charge on any atom is 0.338 e. The van der Waals surface area contributed by atoms with Crippen molar-refractivity contribution in [3.8, 4) is 144 Å². The molecular weight excluding hydrogens is 1440 g/mol. The number of benzene rings is 8. The molecule has 34 nitrogen and oxygen atoms in total. The van der Waals surface area contributed by atoms with Crippen molar-refractivity contribution in [3.05, 3.63) is 203 Å². The second kappa shape index (κ2) is 28.4. The Balaban J connectivity index is 0.000000155. The number of aliphatic hydroxyl groups excluding tert-OH is 1. The maximum absolute atomic E-state index is 13.3. The second-order valence-electron chi connectivity index (χ2n) is 24.7. The topological polar surface area (TPSA) is 603 Å². The van der Waals surface area contributed by atoms with Gasteiger partial charge in [0, 0.05) is 107 Å². The Morgan fingerprint density at radius 1 is 0.376 bits per heavy atom. The number of phenols is 18. The SMILES string of the molecule is O=C(O[C@@H]1Cc2c(O)cc(O)cc2O[C@@H]1c1ccc(O)c(O)c1)c1cc(=O)c(O)c2c(O)c(O)c(O)cc2c1.O=COc1cc(=O)c(O)c2c(O)c(O)cc([C@H]3Oc4cc(O)cc(O)c4C[C@H]3OC(=O)c3cc(O)c(O)c(O)c3)c2c1.O=c1c(O)cccc2c([C@H]3Oc4cc(O)cc(O)c4C[C@H]3O)cc(O)c(O)c12. The highest BCUT2D eigenvalue weighted by molar-refractivity contribution is 6.01. The molecule has 0 aliphatic carbocycles. The molecule has 0 radical (unpaired) electrons. The van der Waals surface area contributed by atoms with Gasteiger partial charge in [-0.05, 0) is 71.4 Å².